The molecule has 0 aliphatic heterocycles. The molecule has 1 aromatic rings. The zero-order valence-electron chi connectivity index (χ0n) is 12.6. The molecule has 0 unspecified atom stereocenters. The molecule has 0 aliphatic carbocycles. The summed E-state index contributed by atoms with van der Waals surface area (Å²) in [5.41, 5.74) is 1.69. The van der Waals surface area contributed by atoms with E-state index in [9.17, 15) is 4.79 Å². The number of hydrogen-bond acceptors (Lipinski definition) is 1. The van der Waals surface area contributed by atoms with Crippen molar-refractivity contribution in [2.45, 2.75) is 52.9 Å². The number of aryl methyl sites for hydroxylation is 1. The molecular weight excluding hydrogens is 238 g/mol. The Labute approximate surface area is 117 Å². The molecule has 0 heterocycles. The molecule has 19 heavy (non-hydrogen) atoms. The van der Waals surface area contributed by atoms with Gasteiger partial charge in [-0.2, -0.15) is 0 Å². The number of carboxylic acid groups (broad SMARTS) is 1. The maximum Gasteiger partial charge on any atom is 0.411 e. The zero-order chi connectivity index (χ0) is 14.7. The minimum absolute atomic E-state index is 0.727. The summed E-state index contributed by atoms with van der Waals surface area (Å²) in [5.74, 6) is 0. The van der Waals surface area contributed by atoms with Crippen LogP contribution in [-0.2, 0) is 0 Å². The first kappa shape index (κ1) is 17.5. The van der Waals surface area contributed by atoms with E-state index in [1.165, 1.54) is 44.1 Å². The number of anilines is 1. The summed E-state index contributed by atoms with van der Waals surface area (Å²) in [5, 5.41) is 8.69. The summed E-state index contributed by atoms with van der Waals surface area (Å²) in [6.45, 7) is 6.38. The van der Waals surface area contributed by atoms with Crippen molar-refractivity contribution in [3.8, 4) is 0 Å². The van der Waals surface area contributed by atoms with E-state index >= 15 is 0 Å². The van der Waals surface area contributed by atoms with Crippen molar-refractivity contribution in [2.24, 2.45) is 0 Å². The number of rotatable bonds is 5. The molecule has 0 radical (unpaired) electrons. The standard InChI is InChI=1S/C9H11NO2.C7H16/c1-7-5-3-4-6-8(7)10(2)9(11)12;1-3-5-7-6-4-2/h3-6H,1-2H3,(H,11,12);3-7H2,1-2H3. The van der Waals surface area contributed by atoms with Crippen LogP contribution >= 0.6 is 0 Å². The number of amides is 1. The molecule has 0 aromatic heterocycles. The third kappa shape index (κ3) is 7.50. The third-order valence-corrected chi connectivity index (χ3v) is 2.97. The Morgan fingerprint density at radius 3 is 2.05 bits per heavy atom. The highest BCUT2D eigenvalue weighted by atomic mass is 16.4. The molecule has 1 N–H and O–H groups in total. The second-order valence-electron chi connectivity index (χ2n) is 4.69. The summed E-state index contributed by atoms with van der Waals surface area (Å²) in [6, 6.07) is 7.37. The van der Waals surface area contributed by atoms with Crippen LogP contribution in [0.5, 0.6) is 0 Å². The lowest BCUT2D eigenvalue weighted by Gasteiger charge is -2.14. The van der Waals surface area contributed by atoms with E-state index in [2.05, 4.69) is 13.8 Å². The Morgan fingerprint density at radius 2 is 1.63 bits per heavy atom. The van der Waals surface area contributed by atoms with E-state index in [1.807, 2.05) is 25.1 Å². The molecule has 0 saturated carbocycles. The number of nitrogens with zero attached hydrogens (tertiary/aromatic N) is 1. The van der Waals surface area contributed by atoms with Crippen LogP contribution < -0.4 is 4.90 Å². The minimum Gasteiger partial charge on any atom is -0.465 e. The average Bonchev–Trinajstić information content (AvgIpc) is 2.40. The summed E-state index contributed by atoms with van der Waals surface area (Å²) in [4.78, 5) is 11.8. The van der Waals surface area contributed by atoms with Crippen molar-refractivity contribution in [1.29, 1.82) is 0 Å². The van der Waals surface area contributed by atoms with Gasteiger partial charge in [-0.15, -0.1) is 0 Å². The molecule has 0 bridgehead atoms. The molecule has 108 valence electrons. The first-order chi connectivity index (χ1) is 9.04. The SMILES string of the molecule is CCCCCCC.Cc1ccccc1N(C)C(=O)O. The van der Waals surface area contributed by atoms with Crippen LogP contribution in [0.15, 0.2) is 24.3 Å². The molecule has 0 spiro atoms. The fourth-order valence-electron chi connectivity index (χ4n) is 1.72. The number of unbranched alkanes of at least 4 members (excludes halogenated alkanes) is 4. The van der Waals surface area contributed by atoms with Crippen molar-refractivity contribution in [3.05, 3.63) is 29.8 Å². The van der Waals surface area contributed by atoms with Gasteiger partial charge >= 0.3 is 6.09 Å². The van der Waals surface area contributed by atoms with E-state index in [4.69, 9.17) is 5.11 Å². The van der Waals surface area contributed by atoms with Crippen LogP contribution in [0, 0.1) is 6.92 Å². The van der Waals surface area contributed by atoms with E-state index in [0.29, 0.717) is 0 Å². The Bertz CT molecular complexity index is 360. The number of para-hydroxylation sites is 1. The predicted molar refractivity (Wildman–Crippen MR) is 82.0 cm³/mol. The Balaban J connectivity index is 0.000000399. The highest BCUT2D eigenvalue weighted by molar-refractivity contribution is 5.86. The Kier molecular flexibility index (Phi) is 9.59. The predicted octanol–water partition coefficient (Wildman–Crippen LogP) is 5.09. The van der Waals surface area contributed by atoms with Gasteiger partial charge in [0.05, 0.1) is 0 Å². The second kappa shape index (κ2) is 10.4. The summed E-state index contributed by atoms with van der Waals surface area (Å²) in [7, 11) is 1.53. The molecule has 3 heteroatoms. The Morgan fingerprint density at radius 1 is 1.11 bits per heavy atom. The number of hydrogen-bond donors (Lipinski definition) is 1. The van der Waals surface area contributed by atoms with Crippen molar-refractivity contribution in [3.63, 3.8) is 0 Å². The monoisotopic (exact) mass is 265 g/mol. The third-order valence-electron chi connectivity index (χ3n) is 2.97. The van der Waals surface area contributed by atoms with Crippen molar-refractivity contribution >= 4 is 11.8 Å². The van der Waals surface area contributed by atoms with E-state index in [1.54, 1.807) is 6.07 Å². The molecule has 1 rings (SSSR count). The molecule has 1 aromatic carbocycles. The normalized spacial score (nSPS) is 9.47. The smallest absolute Gasteiger partial charge is 0.411 e. The lowest BCUT2D eigenvalue weighted by atomic mass is 10.2. The second-order valence-corrected chi connectivity index (χ2v) is 4.69. The van der Waals surface area contributed by atoms with E-state index in [-0.39, 0.29) is 0 Å². The van der Waals surface area contributed by atoms with Crippen LogP contribution in [0.2, 0.25) is 0 Å². The van der Waals surface area contributed by atoms with Crippen molar-refractivity contribution < 1.29 is 9.90 Å². The van der Waals surface area contributed by atoms with Gasteiger partial charge in [0.25, 0.3) is 0 Å². The lowest BCUT2D eigenvalue weighted by Crippen LogP contribution is -2.24. The molecular formula is C16H27NO2. The van der Waals surface area contributed by atoms with Gasteiger partial charge < -0.3 is 5.11 Å². The number of benzene rings is 1. The largest absolute Gasteiger partial charge is 0.465 e. The maximum atomic E-state index is 10.6. The van der Waals surface area contributed by atoms with Gasteiger partial charge in [-0.05, 0) is 18.6 Å². The highest BCUT2D eigenvalue weighted by Gasteiger charge is 2.09. The van der Waals surface area contributed by atoms with Gasteiger partial charge in [0.1, 0.15) is 0 Å². The van der Waals surface area contributed by atoms with Crippen LogP contribution in [0.1, 0.15) is 51.5 Å². The minimum atomic E-state index is -0.940. The van der Waals surface area contributed by atoms with Gasteiger partial charge in [-0.1, -0.05) is 64.2 Å². The van der Waals surface area contributed by atoms with Crippen LogP contribution in [0.25, 0.3) is 0 Å². The fraction of sp³-hybridized carbons (Fsp3) is 0.562. The molecule has 1 amide bonds. The topological polar surface area (TPSA) is 40.5 Å². The Hall–Kier alpha value is -1.51. The fourth-order valence-corrected chi connectivity index (χ4v) is 1.72. The van der Waals surface area contributed by atoms with E-state index in [0.717, 1.165) is 11.3 Å². The van der Waals surface area contributed by atoms with Gasteiger partial charge in [0.2, 0.25) is 0 Å². The van der Waals surface area contributed by atoms with Gasteiger partial charge in [0, 0.05) is 12.7 Å². The first-order valence-corrected chi connectivity index (χ1v) is 7.06. The highest BCUT2D eigenvalue weighted by Crippen LogP contribution is 2.17. The summed E-state index contributed by atoms with van der Waals surface area (Å²) >= 11 is 0. The lowest BCUT2D eigenvalue weighted by molar-refractivity contribution is 0.203. The van der Waals surface area contributed by atoms with Gasteiger partial charge in [0.15, 0.2) is 0 Å². The van der Waals surface area contributed by atoms with Crippen LogP contribution in [-0.4, -0.2) is 18.2 Å². The van der Waals surface area contributed by atoms with Crippen LogP contribution in [0.4, 0.5) is 10.5 Å². The molecule has 0 saturated heterocycles. The average molecular weight is 265 g/mol. The summed E-state index contributed by atoms with van der Waals surface area (Å²) < 4.78 is 0. The molecule has 0 atom stereocenters. The molecule has 0 aliphatic rings. The quantitative estimate of drug-likeness (QED) is 0.754. The van der Waals surface area contributed by atoms with Gasteiger partial charge in [-0.25, -0.2) is 4.79 Å². The zero-order valence-corrected chi connectivity index (χ0v) is 12.6. The first-order valence-electron chi connectivity index (χ1n) is 7.06. The molecule has 3 nitrogen and oxygen atoms in total. The van der Waals surface area contributed by atoms with E-state index < -0.39 is 6.09 Å². The summed E-state index contributed by atoms with van der Waals surface area (Å²) in [6.07, 6.45) is 6.07. The van der Waals surface area contributed by atoms with Crippen molar-refractivity contribution in [2.75, 3.05) is 11.9 Å². The van der Waals surface area contributed by atoms with Gasteiger partial charge in [-0.3, -0.25) is 4.90 Å². The van der Waals surface area contributed by atoms with Crippen LogP contribution in [0.3, 0.4) is 0 Å². The number of carbonyl (C=O) groups is 1. The maximum absolute atomic E-state index is 10.6. The molecule has 0 fully saturated rings. The van der Waals surface area contributed by atoms with Crippen molar-refractivity contribution in [1.82, 2.24) is 0 Å².